The number of methoxy groups -OCH3 is 1. The molecule has 33 heavy (non-hydrogen) atoms. The highest BCUT2D eigenvalue weighted by Crippen LogP contribution is 2.69. The Labute approximate surface area is 198 Å². The van der Waals surface area contributed by atoms with E-state index in [-0.39, 0.29) is 57.5 Å². The molecule has 4 nitrogen and oxygen atoms in total. The van der Waals surface area contributed by atoms with Gasteiger partial charge in [0.05, 0.1) is 13.0 Å². The smallest absolute Gasteiger partial charge is 0.308 e. The van der Waals surface area contributed by atoms with Crippen LogP contribution in [0.1, 0.15) is 79.6 Å². The molecule has 0 bridgehead atoms. The summed E-state index contributed by atoms with van der Waals surface area (Å²) in [6.45, 7) is 11.1. The van der Waals surface area contributed by atoms with Crippen LogP contribution in [-0.2, 0) is 19.1 Å². The Morgan fingerprint density at radius 1 is 0.970 bits per heavy atom. The molecule has 0 aromatic carbocycles. The minimum Gasteiger partial charge on any atom is -0.469 e. The summed E-state index contributed by atoms with van der Waals surface area (Å²) in [7, 11) is 1.48. The SMILES string of the molecule is COC(=O)C1CCC2(C)CCC3C(=CC(=O)C4C5(C)C=CC(=O)C(C)(C)C5CCC34C)C2C1. The molecular weight excluding hydrogens is 412 g/mol. The van der Waals surface area contributed by atoms with Gasteiger partial charge in [0, 0.05) is 16.7 Å². The Kier molecular flexibility index (Phi) is 4.99. The molecule has 8 atom stereocenters. The molecule has 180 valence electrons. The third-order valence-electron chi connectivity index (χ3n) is 11.3. The van der Waals surface area contributed by atoms with Crippen molar-refractivity contribution in [3.05, 3.63) is 23.8 Å². The quantitative estimate of drug-likeness (QED) is 0.479. The van der Waals surface area contributed by atoms with E-state index in [1.807, 2.05) is 6.08 Å². The molecule has 3 saturated carbocycles. The van der Waals surface area contributed by atoms with Crippen LogP contribution in [0.25, 0.3) is 0 Å². The Morgan fingerprint density at radius 2 is 1.67 bits per heavy atom. The maximum atomic E-state index is 14.0. The number of carbonyl (C=O) groups is 3. The third kappa shape index (κ3) is 2.97. The molecule has 0 amide bonds. The molecule has 5 rings (SSSR count). The molecule has 0 N–H and O–H groups in total. The lowest BCUT2D eigenvalue weighted by Gasteiger charge is -2.65. The lowest BCUT2D eigenvalue weighted by Crippen LogP contribution is -2.62. The van der Waals surface area contributed by atoms with Crippen molar-refractivity contribution in [3.63, 3.8) is 0 Å². The zero-order chi connectivity index (χ0) is 24.0. The number of ketones is 2. The molecule has 0 spiro atoms. The van der Waals surface area contributed by atoms with E-state index < -0.39 is 5.41 Å². The van der Waals surface area contributed by atoms with Crippen molar-refractivity contribution in [1.29, 1.82) is 0 Å². The minimum absolute atomic E-state index is 0.0605. The molecule has 0 saturated heterocycles. The fraction of sp³-hybridized carbons (Fsp3) is 0.759. The standard InChI is InChI=1S/C29H40O4/c1-26(2)22-9-13-28(4)19-8-12-27(3)11-7-17(25(32)33-6)15-20(27)18(19)16-21(30)24(28)29(22,5)14-10-23(26)31/h10,14,16-17,19-20,22,24H,7-9,11-13,15H2,1-6H3. The van der Waals surface area contributed by atoms with Gasteiger partial charge in [0.15, 0.2) is 11.6 Å². The van der Waals surface area contributed by atoms with Crippen LogP contribution in [0.15, 0.2) is 23.8 Å². The van der Waals surface area contributed by atoms with Crippen LogP contribution in [0.3, 0.4) is 0 Å². The first-order valence-electron chi connectivity index (χ1n) is 13.0. The van der Waals surface area contributed by atoms with Crippen LogP contribution < -0.4 is 0 Å². The molecule has 3 fully saturated rings. The highest BCUT2D eigenvalue weighted by molar-refractivity contribution is 5.98. The lowest BCUT2D eigenvalue weighted by molar-refractivity contribution is -0.158. The van der Waals surface area contributed by atoms with Gasteiger partial charge in [0.1, 0.15) is 0 Å². The van der Waals surface area contributed by atoms with Gasteiger partial charge < -0.3 is 4.74 Å². The molecule has 0 aromatic rings. The van der Waals surface area contributed by atoms with E-state index >= 15 is 0 Å². The van der Waals surface area contributed by atoms with Gasteiger partial charge in [0.2, 0.25) is 0 Å². The van der Waals surface area contributed by atoms with Gasteiger partial charge in [-0.2, -0.15) is 0 Å². The third-order valence-corrected chi connectivity index (χ3v) is 11.3. The average Bonchev–Trinajstić information content (AvgIpc) is 2.75. The first kappa shape index (κ1) is 23.1. The first-order valence-corrected chi connectivity index (χ1v) is 13.0. The first-order chi connectivity index (χ1) is 15.4. The van der Waals surface area contributed by atoms with E-state index in [0.29, 0.717) is 5.92 Å². The number of hydrogen-bond acceptors (Lipinski definition) is 4. The highest BCUT2D eigenvalue weighted by atomic mass is 16.5. The predicted octanol–water partition coefficient (Wildman–Crippen LogP) is 5.71. The Bertz CT molecular complexity index is 972. The van der Waals surface area contributed by atoms with Crippen molar-refractivity contribution in [3.8, 4) is 0 Å². The molecule has 0 aliphatic heterocycles. The van der Waals surface area contributed by atoms with Crippen molar-refractivity contribution in [2.75, 3.05) is 7.11 Å². The van der Waals surface area contributed by atoms with E-state index in [1.165, 1.54) is 12.7 Å². The normalized spacial score (nSPS) is 48.1. The fourth-order valence-corrected chi connectivity index (χ4v) is 9.45. The number of hydrogen-bond donors (Lipinski definition) is 0. The van der Waals surface area contributed by atoms with Gasteiger partial charge in [-0.05, 0) is 85.7 Å². The number of rotatable bonds is 1. The summed E-state index contributed by atoms with van der Waals surface area (Å²) >= 11 is 0. The van der Waals surface area contributed by atoms with Gasteiger partial charge in [-0.3, -0.25) is 14.4 Å². The Balaban J connectivity index is 1.57. The van der Waals surface area contributed by atoms with Gasteiger partial charge in [-0.15, -0.1) is 0 Å². The summed E-state index contributed by atoms with van der Waals surface area (Å²) < 4.78 is 5.11. The summed E-state index contributed by atoms with van der Waals surface area (Å²) in [6, 6.07) is 0. The molecule has 0 heterocycles. The van der Waals surface area contributed by atoms with E-state index in [0.717, 1.165) is 44.9 Å². The number of esters is 1. The molecule has 8 unspecified atom stereocenters. The molecule has 5 aliphatic rings. The summed E-state index contributed by atoms with van der Waals surface area (Å²) in [5.74, 6) is 1.03. The van der Waals surface area contributed by atoms with E-state index in [1.54, 1.807) is 6.08 Å². The van der Waals surface area contributed by atoms with E-state index in [9.17, 15) is 14.4 Å². The maximum Gasteiger partial charge on any atom is 0.308 e. The van der Waals surface area contributed by atoms with Crippen LogP contribution >= 0.6 is 0 Å². The van der Waals surface area contributed by atoms with Gasteiger partial charge in [-0.25, -0.2) is 0 Å². The Morgan fingerprint density at radius 3 is 2.36 bits per heavy atom. The van der Waals surface area contributed by atoms with Crippen LogP contribution in [-0.4, -0.2) is 24.6 Å². The van der Waals surface area contributed by atoms with E-state index in [2.05, 4.69) is 40.7 Å². The van der Waals surface area contributed by atoms with Gasteiger partial charge >= 0.3 is 5.97 Å². The molecule has 0 radical (unpaired) electrons. The van der Waals surface area contributed by atoms with Crippen molar-refractivity contribution in [2.45, 2.75) is 79.6 Å². The second-order valence-corrected chi connectivity index (χ2v) is 13.2. The van der Waals surface area contributed by atoms with Crippen LogP contribution in [0.2, 0.25) is 0 Å². The van der Waals surface area contributed by atoms with Crippen LogP contribution in [0, 0.1) is 51.2 Å². The fourth-order valence-electron chi connectivity index (χ4n) is 9.45. The predicted molar refractivity (Wildman–Crippen MR) is 127 cm³/mol. The van der Waals surface area contributed by atoms with Crippen molar-refractivity contribution < 1.29 is 19.1 Å². The van der Waals surface area contributed by atoms with Gasteiger partial charge in [0.25, 0.3) is 0 Å². The van der Waals surface area contributed by atoms with Crippen molar-refractivity contribution in [1.82, 2.24) is 0 Å². The van der Waals surface area contributed by atoms with Crippen LogP contribution in [0.5, 0.6) is 0 Å². The largest absolute Gasteiger partial charge is 0.469 e. The number of ether oxygens (including phenoxy) is 1. The van der Waals surface area contributed by atoms with Crippen molar-refractivity contribution in [2.24, 2.45) is 51.2 Å². The number of allylic oxidation sites excluding steroid dienone is 4. The maximum absolute atomic E-state index is 14.0. The van der Waals surface area contributed by atoms with Crippen molar-refractivity contribution >= 4 is 17.5 Å². The summed E-state index contributed by atoms with van der Waals surface area (Å²) in [5.41, 5.74) is 0.643. The number of carbonyl (C=O) groups excluding carboxylic acids is 3. The summed E-state index contributed by atoms with van der Waals surface area (Å²) in [6.07, 6.45) is 12.8. The zero-order valence-electron chi connectivity index (χ0n) is 21.2. The lowest BCUT2D eigenvalue weighted by atomic mass is 9.38. The molecule has 5 aliphatic carbocycles. The second kappa shape index (κ2) is 7.15. The topological polar surface area (TPSA) is 60.4 Å². The zero-order valence-corrected chi connectivity index (χ0v) is 21.2. The van der Waals surface area contributed by atoms with Crippen LogP contribution in [0.4, 0.5) is 0 Å². The molecule has 0 aromatic heterocycles. The molecular formula is C29H40O4. The van der Waals surface area contributed by atoms with Gasteiger partial charge in [-0.1, -0.05) is 46.3 Å². The minimum atomic E-state index is -0.433. The Hall–Kier alpha value is -1.71. The highest BCUT2D eigenvalue weighted by Gasteiger charge is 2.65. The average molecular weight is 453 g/mol. The molecule has 4 heteroatoms. The monoisotopic (exact) mass is 452 g/mol. The summed E-state index contributed by atoms with van der Waals surface area (Å²) in [5, 5.41) is 0. The summed E-state index contributed by atoms with van der Waals surface area (Å²) in [4.78, 5) is 39.2. The van der Waals surface area contributed by atoms with E-state index in [4.69, 9.17) is 4.74 Å². The second-order valence-electron chi connectivity index (χ2n) is 13.2. The number of fused-ring (bicyclic) bond motifs is 7.